The zero-order valence-corrected chi connectivity index (χ0v) is 7.86. The average Bonchev–Trinajstić information content (AvgIpc) is 2.95. The van der Waals surface area contributed by atoms with Crippen molar-refractivity contribution in [2.24, 2.45) is 5.92 Å². The van der Waals surface area contributed by atoms with Crippen LogP contribution in [0.25, 0.3) is 0 Å². The lowest BCUT2D eigenvalue weighted by Gasteiger charge is -2.25. The Kier molecular flexibility index (Phi) is 1.59. The van der Waals surface area contributed by atoms with Crippen molar-refractivity contribution in [2.45, 2.75) is 25.8 Å². The van der Waals surface area contributed by atoms with E-state index in [0.29, 0.717) is 18.4 Å². The summed E-state index contributed by atoms with van der Waals surface area (Å²) >= 11 is 0. The molecule has 1 N–H and O–H groups in total. The number of carbonyl (C=O) groups is 1. The Hall–Kier alpha value is -1.39. The maximum Gasteiger partial charge on any atom is 0.226 e. The van der Waals surface area contributed by atoms with E-state index >= 15 is 0 Å². The number of fused-ring (bicyclic) bond motifs is 1. The van der Waals surface area contributed by atoms with Crippen LogP contribution in [-0.2, 0) is 17.8 Å². The molecule has 1 amide bonds. The lowest BCUT2D eigenvalue weighted by atomic mass is 10.1. The SMILES string of the molecule is O=C(C1CC1)N1CCc2n[nH]nc2C1. The van der Waals surface area contributed by atoms with Gasteiger partial charge in [0, 0.05) is 18.9 Å². The molecule has 0 saturated heterocycles. The Bertz CT molecular complexity index is 369. The number of amides is 1. The molecule has 5 nitrogen and oxygen atoms in total. The van der Waals surface area contributed by atoms with Crippen LogP contribution in [0.2, 0.25) is 0 Å². The lowest BCUT2D eigenvalue weighted by molar-refractivity contribution is -0.133. The molecule has 1 aromatic heterocycles. The van der Waals surface area contributed by atoms with Crippen molar-refractivity contribution in [3.8, 4) is 0 Å². The predicted molar refractivity (Wildman–Crippen MR) is 48.2 cm³/mol. The number of hydrogen-bond acceptors (Lipinski definition) is 3. The molecule has 0 unspecified atom stereocenters. The maximum absolute atomic E-state index is 11.8. The summed E-state index contributed by atoms with van der Waals surface area (Å²) in [6.45, 7) is 1.44. The molecule has 1 aromatic rings. The molecule has 2 heterocycles. The van der Waals surface area contributed by atoms with E-state index in [1.807, 2.05) is 4.90 Å². The van der Waals surface area contributed by atoms with Crippen LogP contribution in [0.3, 0.4) is 0 Å². The Morgan fingerprint density at radius 3 is 2.93 bits per heavy atom. The number of rotatable bonds is 1. The summed E-state index contributed by atoms with van der Waals surface area (Å²) in [7, 11) is 0. The van der Waals surface area contributed by atoms with Gasteiger partial charge in [0.15, 0.2) is 0 Å². The Balaban J connectivity index is 1.77. The quantitative estimate of drug-likeness (QED) is 0.686. The van der Waals surface area contributed by atoms with Gasteiger partial charge in [0.2, 0.25) is 5.91 Å². The summed E-state index contributed by atoms with van der Waals surface area (Å²) in [5.41, 5.74) is 1.95. The molecule has 0 atom stereocenters. The van der Waals surface area contributed by atoms with Gasteiger partial charge in [0.05, 0.1) is 12.2 Å². The maximum atomic E-state index is 11.8. The number of hydrogen-bond donors (Lipinski definition) is 1. The summed E-state index contributed by atoms with van der Waals surface area (Å²) in [6.07, 6.45) is 2.98. The van der Waals surface area contributed by atoms with E-state index in [1.54, 1.807) is 0 Å². The van der Waals surface area contributed by atoms with Gasteiger partial charge in [0.1, 0.15) is 5.69 Å². The minimum absolute atomic E-state index is 0.304. The number of aromatic amines is 1. The first-order chi connectivity index (χ1) is 6.84. The number of carbonyl (C=O) groups excluding carboxylic acids is 1. The van der Waals surface area contributed by atoms with Gasteiger partial charge >= 0.3 is 0 Å². The predicted octanol–water partition coefficient (Wildman–Crippen LogP) is 0.0994. The molecule has 3 rings (SSSR count). The van der Waals surface area contributed by atoms with Crippen LogP contribution in [0.15, 0.2) is 0 Å². The third-order valence-corrected chi connectivity index (χ3v) is 2.90. The van der Waals surface area contributed by atoms with Crippen molar-refractivity contribution in [3.05, 3.63) is 11.4 Å². The first-order valence-corrected chi connectivity index (χ1v) is 5.02. The van der Waals surface area contributed by atoms with E-state index in [0.717, 1.165) is 37.2 Å². The Morgan fingerprint density at radius 2 is 2.14 bits per heavy atom. The second-order valence-corrected chi connectivity index (χ2v) is 4.00. The van der Waals surface area contributed by atoms with E-state index in [4.69, 9.17) is 0 Å². The van der Waals surface area contributed by atoms with Gasteiger partial charge in [-0.3, -0.25) is 4.79 Å². The molecule has 0 radical (unpaired) electrons. The van der Waals surface area contributed by atoms with Crippen LogP contribution in [0.5, 0.6) is 0 Å². The fraction of sp³-hybridized carbons (Fsp3) is 0.667. The third-order valence-electron chi connectivity index (χ3n) is 2.90. The summed E-state index contributed by atoms with van der Waals surface area (Å²) in [6, 6.07) is 0. The van der Waals surface area contributed by atoms with Crippen molar-refractivity contribution in [3.63, 3.8) is 0 Å². The second-order valence-electron chi connectivity index (χ2n) is 4.00. The van der Waals surface area contributed by atoms with Crippen molar-refractivity contribution in [2.75, 3.05) is 6.54 Å². The van der Waals surface area contributed by atoms with Crippen LogP contribution in [-0.4, -0.2) is 32.8 Å². The zero-order valence-electron chi connectivity index (χ0n) is 7.86. The number of aromatic nitrogens is 3. The van der Waals surface area contributed by atoms with Crippen LogP contribution >= 0.6 is 0 Å². The first-order valence-electron chi connectivity index (χ1n) is 5.02. The molecular formula is C9H12N4O. The minimum atomic E-state index is 0.304. The largest absolute Gasteiger partial charge is 0.336 e. The molecule has 5 heteroatoms. The molecule has 1 aliphatic heterocycles. The van der Waals surface area contributed by atoms with Gasteiger partial charge in [-0.25, -0.2) is 0 Å². The number of nitrogens with one attached hydrogen (secondary N) is 1. The number of H-pyrrole nitrogens is 1. The molecule has 0 bridgehead atoms. The fourth-order valence-electron chi connectivity index (χ4n) is 1.88. The summed E-state index contributed by atoms with van der Waals surface area (Å²) in [5.74, 6) is 0.613. The molecule has 0 aromatic carbocycles. The van der Waals surface area contributed by atoms with E-state index in [9.17, 15) is 4.79 Å². The van der Waals surface area contributed by atoms with Crippen molar-refractivity contribution >= 4 is 5.91 Å². The highest BCUT2D eigenvalue weighted by atomic mass is 16.2. The van der Waals surface area contributed by atoms with Gasteiger partial charge in [-0.2, -0.15) is 15.4 Å². The molecule has 1 fully saturated rings. The normalized spacial score (nSPS) is 20.7. The van der Waals surface area contributed by atoms with E-state index in [1.165, 1.54) is 0 Å². The standard InChI is InChI=1S/C9H12N4O/c14-9(6-1-2-6)13-4-3-7-8(5-13)11-12-10-7/h6H,1-5H2,(H,10,11,12). The first kappa shape index (κ1) is 7.96. The average molecular weight is 192 g/mol. The van der Waals surface area contributed by atoms with Crippen LogP contribution in [0, 0.1) is 5.92 Å². The topological polar surface area (TPSA) is 61.9 Å². The van der Waals surface area contributed by atoms with Crippen LogP contribution in [0.1, 0.15) is 24.2 Å². The fourth-order valence-corrected chi connectivity index (χ4v) is 1.88. The smallest absolute Gasteiger partial charge is 0.226 e. The van der Waals surface area contributed by atoms with Gasteiger partial charge in [0.25, 0.3) is 0 Å². The minimum Gasteiger partial charge on any atom is -0.336 e. The van der Waals surface area contributed by atoms with Crippen molar-refractivity contribution in [1.82, 2.24) is 20.3 Å². The molecule has 1 saturated carbocycles. The third kappa shape index (κ3) is 1.20. The highest BCUT2D eigenvalue weighted by Gasteiger charge is 2.35. The highest BCUT2D eigenvalue weighted by Crippen LogP contribution is 2.32. The second kappa shape index (κ2) is 2.80. The van der Waals surface area contributed by atoms with Crippen LogP contribution in [0.4, 0.5) is 0 Å². The lowest BCUT2D eigenvalue weighted by Crippen LogP contribution is -2.36. The van der Waals surface area contributed by atoms with Crippen molar-refractivity contribution in [1.29, 1.82) is 0 Å². The molecule has 1 aliphatic carbocycles. The van der Waals surface area contributed by atoms with Gasteiger partial charge in [-0.15, -0.1) is 0 Å². The molecular weight excluding hydrogens is 180 g/mol. The summed E-state index contributed by atoms with van der Waals surface area (Å²) in [4.78, 5) is 13.7. The molecule has 14 heavy (non-hydrogen) atoms. The van der Waals surface area contributed by atoms with E-state index in [2.05, 4.69) is 15.4 Å². The van der Waals surface area contributed by atoms with Gasteiger partial charge in [-0.1, -0.05) is 0 Å². The molecule has 0 spiro atoms. The van der Waals surface area contributed by atoms with Crippen molar-refractivity contribution < 1.29 is 4.79 Å². The Morgan fingerprint density at radius 1 is 1.36 bits per heavy atom. The van der Waals surface area contributed by atoms with Gasteiger partial charge < -0.3 is 4.90 Å². The Labute approximate surface area is 81.5 Å². The van der Waals surface area contributed by atoms with Gasteiger partial charge in [-0.05, 0) is 12.8 Å². The summed E-state index contributed by atoms with van der Waals surface area (Å²) < 4.78 is 0. The molecule has 74 valence electrons. The van der Waals surface area contributed by atoms with Crippen LogP contribution < -0.4 is 0 Å². The monoisotopic (exact) mass is 192 g/mol. The van der Waals surface area contributed by atoms with E-state index in [-0.39, 0.29) is 0 Å². The van der Waals surface area contributed by atoms with E-state index < -0.39 is 0 Å². The molecule has 2 aliphatic rings. The highest BCUT2D eigenvalue weighted by molar-refractivity contribution is 5.81. The summed E-state index contributed by atoms with van der Waals surface area (Å²) in [5, 5.41) is 10.7. The zero-order chi connectivity index (χ0) is 9.54. The number of nitrogens with zero attached hydrogens (tertiary/aromatic N) is 3.